The molecule has 0 spiro atoms. The molecule has 1 aromatic heterocycles. The monoisotopic (exact) mass is 287 g/mol. The first-order valence-electron chi connectivity index (χ1n) is 7.53. The lowest BCUT2D eigenvalue weighted by Crippen LogP contribution is -2.28. The number of alkyl halides is 3. The fourth-order valence-corrected chi connectivity index (χ4v) is 3.57. The lowest BCUT2D eigenvalue weighted by atomic mass is 9.80. The molecule has 20 heavy (non-hydrogen) atoms. The largest absolute Gasteiger partial charge is 0.391 e. The Balaban J connectivity index is 1.69. The second-order valence-corrected chi connectivity index (χ2v) is 6.16. The third-order valence-electron chi connectivity index (χ3n) is 4.76. The van der Waals surface area contributed by atoms with E-state index in [0.717, 1.165) is 25.1 Å². The van der Waals surface area contributed by atoms with Crippen molar-refractivity contribution in [3.8, 4) is 0 Å². The summed E-state index contributed by atoms with van der Waals surface area (Å²) in [6, 6.07) is 0. The van der Waals surface area contributed by atoms with Gasteiger partial charge < -0.3 is 0 Å². The Hall–Kier alpha value is -1.07. The van der Waals surface area contributed by atoms with E-state index in [1.165, 1.54) is 12.8 Å². The minimum absolute atomic E-state index is 0.137. The number of rotatable bonds is 2. The van der Waals surface area contributed by atoms with Crippen LogP contribution in [0.2, 0.25) is 0 Å². The molecule has 1 heterocycles. The summed E-state index contributed by atoms with van der Waals surface area (Å²) in [5.41, 5.74) is 0. The SMILES string of the molecule is FC(F)(F)C1CCCC(c2n[nH]c(C3CCCC3)n2)C1. The summed E-state index contributed by atoms with van der Waals surface area (Å²) in [5, 5.41) is 7.15. The van der Waals surface area contributed by atoms with Gasteiger partial charge in [-0.1, -0.05) is 19.3 Å². The smallest absolute Gasteiger partial charge is 0.263 e. The first-order valence-corrected chi connectivity index (χ1v) is 7.53. The van der Waals surface area contributed by atoms with Crippen LogP contribution in [0.1, 0.15) is 74.9 Å². The Morgan fingerprint density at radius 2 is 1.65 bits per heavy atom. The van der Waals surface area contributed by atoms with Crippen molar-refractivity contribution >= 4 is 0 Å². The second-order valence-electron chi connectivity index (χ2n) is 6.16. The van der Waals surface area contributed by atoms with Crippen LogP contribution in [0.15, 0.2) is 0 Å². The van der Waals surface area contributed by atoms with Gasteiger partial charge in [-0.2, -0.15) is 18.3 Å². The number of H-pyrrole nitrogens is 1. The number of aromatic nitrogens is 3. The van der Waals surface area contributed by atoms with Crippen LogP contribution in [0.25, 0.3) is 0 Å². The number of hydrogen-bond donors (Lipinski definition) is 1. The van der Waals surface area contributed by atoms with Crippen molar-refractivity contribution in [2.24, 2.45) is 5.92 Å². The molecule has 3 rings (SSSR count). The highest BCUT2D eigenvalue weighted by atomic mass is 19.4. The van der Waals surface area contributed by atoms with Gasteiger partial charge in [0.1, 0.15) is 5.82 Å². The highest BCUT2D eigenvalue weighted by Gasteiger charge is 2.43. The molecule has 2 fully saturated rings. The number of hydrogen-bond acceptors (Lipinski definition) is 2. The summed E-state index contributed by atoms with van der Waals surface area (Å²) in [5.74, 6) is 0.585. The highest BCUT2D eigenvalue weighted by Crippen LogP contribution is 2.43. The van der Waals surface area contributed by atoms with E-state index in [2.05, 4.69) is 15.2 Å². The van der Waals surface area contributed by atoms with Crippen molar-refractivity contribution in [3.63, 3.8) is 0 Å². The van der Waals surface area contributed by atoms with E-state index in [9.17, 15) is 13.2 Å². The molecule has 1 aromatic rings. The Labute approximate surface area is 116 Å². The molecule has 0 radical (unpaired) electrons. The molecule has 0 saturated heterocycles. The summed E-state index contributed by atoms with van der Waals surface area (Å²) >= 11 is 0. The van der Waals surface area contributed by atoms with Gasteiger partial charge in [0.25, 0.3) is 0 Å². The lowest BCUT2D eigenvalue weighted by molar-refractivity contribution is -0.183. The lowest BCUT2D eigenvalue weighted by Gasteiger charge is -2.28. The molecule has 0 amide bonds. The Bertz CT molecular complexity index is 449. The van der Waals surface area contributed by atoms with Crippen molar-refractivity contribution < 1.29 is 13.2 Å². The number of nitrogens with one attached hydrogen (secondary N) is 1. The van der Waals surface area contributed by atoms with Crippen molar-refractivity contribution in [1.82, 2.24) is 15.2 Å². The molecular weight excluding hydrogens is 267 g/mol. The van der Waals surface area contributed by atoms with Gasteiger partial charge in [-0.15, -0.1) is 0 Å². The molecule has 2 atom stereocenters. The normalized spacial score (nSPS) is 28.9. The van der Waals surface area contributed by atoms with Gasteiger partial charge in [-0.25, -0.2) is 4.98 Å². The van der Waals surface area contributed by atoms with Crippen molar-refractivity contribution in [3.05, 3.63) is 11.6 Å². The number of aromatic amines is 1. The maximum Gasteiger partial charge on any atom is 0.391 e. The summed E-state index contributed by atoms with van der Waals surface area (Å²) in [7, 11) is 0. The molecule has 2 unspecified atom stereocenters. The van der Waals surface area contributed by atoms with Crippen LogP contribution in [0.3, 0.4) is 0 Å². The van der Waals surface area contributed by atoms with Gasteiger partial charge in [0.15, 0.2) is 5.82 Å². The van der Waals surface area contributed by atoms with Crippen LogP contribution in [0.4, 0.5) is 13.2 Å². The molecule has 2 saturated carbocycles. The summed E-state index contributed by atoms with van der Waals surface area (Å²) in [4.78, 5) is 4.50. The molecule has 1 N–H and O–H groups in total. The van der Waals surface area contributed by atoms with Crippen LogP contribution < -0.4 is 0 Å². The van der Waals surface area contributed by atoms with Gasteiger partial charge in [0.2, 0.25) is 0 Å². The first-order chi connectivity index (χ1) is 9.54. The van der Waals surface area contributed by atoms with Gasteiger partial charge in [0.05, 0.1) is 5.92 Å². The zero-order valence-electron chi connectivity index (χ0n) is 11.4. The summed E-state index contributed by atoms with van der Waals surface area (Å²) < 4.78 is 38.5. The zero-order chi connectivity index (χ0) is 14.2. The van der Waals surface area contributed by atoms with E-state index in [0.29, 0.717) is 18.2 Å². The van der Waals surface area contributed by atoms with Gasteiger partial charge >= 0.3 is 6.18 Å². The molecule has 0 aromatic carbocycles. The highest BCUT2D eigenvalue weighted by molar-refractivity contribution is 5.05. The summed E-state index contributed by atoms with van der Waals surface area (Å²) in [6.07, 6.45) is 2.35. The Morgan fingerprint density at radius 1 is 0.950 bits per heavy atom. The Morgan fingerprint density at radius 3 is 2.35 bits per heavy atom. The van der Waals surface area contributed by atoms with E-state index in [4.69, 9.17) is 0 Å². The molecule has 0 aliphatic heterocycles. The topological polar surface area (TPSA) is 41.6 Å². The predicted molar refractivity (Wildman–Crippen MR) is 68.3 cm³/mol. The van der Waals surface area contributed by atoms with Gasteiger partial charge in [0, 0.05) is 11.8 Å². The van der Waals surface area contributed by atoms with Gasteiger partial charge in [-0.05, 0) is 32.1 Å². The van der Waals surface area contributed by atoms with Crippen molar-refractivity contribution in [2.75, 3.05) is 0 Å². The minimum Gasteiger partial charge on any atom is -0.263 e. The van der Waals surface area contributed by atoms with Crippen molar-refractivity contribution in [2.45, 2.75) is 69.4 Å². The average Bonchev–Trinajstić information content (AvgIpc) is 3.09. The predicted octanol–water partition coefficient (Wildman–Crippen LogP) is 4.30. The fraction of sp³-hybridized carbons (Fsp3) is 0.857. The van der Waals surface area contributed by atoms with E-state index >= 15 is 0 Å². The molecule has 2 aliphatic carbocycles. The first kappa shape index (κ1) is 13.9. The van der Waals surface area contributed by atoms with E-state index in [1.54, 1.807) is 0 Å². The molecule has 6 heteroatoms. The number of nitrogens with zero attached hydrogens (tertiary/aromatic N) is 2. The van der Waals surface area contributed by atoms with Crippen molar-refractivity contribution in [1.29, 1.82) is 0 Å². The molecule has 0 bridgehead atoms. The fourth-order valence-electron chi connectivity index (χ4n) is 3.57. The van der Waals surface area contributed by atoms with Crippen LogP contribution in [-0.4, -0.2) is 21.4 Å². The second kappa shape index (κ2) is 5.37. The van der Waals surface area contributed by atoms with E-state index in [1.807, 2.05) is 0 Å². The quantitative estimate of drug-likeness (QED) is 0.881. The van der Waals surface area contributed by atoms with Crippen LogP contribution in [0, 0.1) is 5.92 Å². The maximum absolute atomic E-state index is 12.8. The van der Waals surface area contributed by atoms with Crippen LogP contribution >= 0.6 is 0 Å². The summed E-state index contributed by atoms with van der Waals surface area (Å²) in [6.45, 7) is 0. The van der Waals surface area contributed by atoms with Crippen LogP contribution in [-0.2, 0) is 0 Å². The molecular formula is C14H20F3N3. The number of halogens is 3. The zero-order valence-corrected chi connectivity index (χ0v) is 11.4. The molecule has 3 nitrogen and oxygen atoms in total. The van der Waals surface area contributed by atoms with E-state index < -0.39 is 12.1 Å². The van der Waals surface area contributed by atoms with Gasteiger partial charge in [-0.3, -0.25) is 5.10 Å². The average molecular weight is 287 g/mol. The minimum atomic E-state index is -4.08. The maximum atomic E-state index is 12.8. The van der Waals surface area contributed by atoms with E-state index in [-0.39, 0.29) is 18.8 Å². The Kier molecular flexibility index (Phi) is 3.73. The third-order valence-corrected chi connectivity index (χ3v) is 4.76. The third kappa shape index (κ3) is 2.83. The molecule has 2 aliphatic rings. The van der Waals surface area contributed by atoms with Crippen LogP contribution in [0.5, 0.6) is 0 Å². The molecule has 112 valence electrons. The standard InChI is InChI=1S/C14H20F3N3/c15-14(16,17)11-7-3-6-10(8-11)13-18-12(19-20-13)9-4-1-2-5-9/h9-11H,1-8H2,(H,18,19,20).